The Morgan fingerprint density at radius 1 is 1.17 bits per heavy atom. The Bertz CT molecular complexity index is 1370. The predicted molar refractivity (Wildman–Crippen MR) is 122 cm³/mol. The molecule has 1 atom stereocenters. The summed E-state index contributed by atoms with van der Waals surface area (Å²) < 4.78 is 44.2. The third kappa shape index (κ3) is 5.10. The summed E-state index contributed by atoms with van der Waals surface area (Å²) in [4.78, 5) is 44.8. The van der Waals surface area contributed by atoms with Crippen LogP contribution in [0.25, 0.3) is 0 Å². The smallest absolute Gasteiger partial charge is 0.416 e. The van der Waals surface area contributed by atoms with Gasteiger partial charge in [0, 0.05) is 12.1 Å². The molecule has 0 radical (unpaired) electrons. The fourth-order valence-electron chi connectivity index (χ4n) is 3.70. The summed E-state index contributed by atoms with van der Waals surface area (Å²) in [6, 6.07) is 9.47. The van der Waals surface area contributed by atoms with Crippen molar-refractivity contribution in [1.29, 1.82) is 0 Å². The number of H-pyrrole nitrogens is 1. The summed E-state index contributed by atoms with van der Waals surface area (Å²) in [6.45, 7) is 1.83. The number of alkyl halides is 3. The molecular weight excluding hydrogens is 467 g/mol. The number of carbonyl (C=O) groups excluding carboxylic acids is 2. The van der Waals surface area contributed by atoms with Gasteiger partial charge in [-0.25, -0.2) is 0 Å². The maximum atomic E-state index is 13.1. The number of carbonyl (C=O) groups is 2. The molecule has 4 rings (SSSR count). The number of rotatable bonds is 5. The molecule has 0 aliphatic carbocycles. The highest BCUT2D eigenvalue weighted by molar-refractivity contribution is 6.05. The van der Waals surface area contributed by atoms with E-state index in [0.29, 0.717) is 11.4 Å². The van der Waals surface area contributed by atoms with Crippen molar-refractivity contribution in [1.82, 2.24) is 9.97 Å². The molecule has 2 amide bonds. The van der Waals surface area contributed by atoms with Crippen molar-refractivity contribution in [2.75, 3.05) is 23.1 Å². The molecule has 0 fully saturated rings. The van der Waals surface area contributed by atoms with E-state index in [9.17, 15) is 27.6 Å². The third-order valence-electron chi connectivity index (χ3n) is 5.33. The van der Waals surface area contributed by atoms with Crippen LogP contribution in [0.2, 0.25) is 0 Å². The quantitative estimate of drug-likeness (QED) is 0.433. The Morgan fingerprint density at radius 2 is 1.94 bits per heavy atom. The normalized spacial score (nSPS) is 15.1. The molecule has 2 aromatic carbocycles. The van der Waals surface area contributed by atoms with Crippen molar-refractivity contribution < 1.29 is 27.5 Å². The van der Waals surface area contributed by atoms with Crippen LogP contribution in [-0.2, 0) is 15.8 Å². The SMILES string of the molecule is COc1ccc(C)cc1NC(=O)C1CC(=O)Nc2nc(Nc3cccc(C(F)(F)F)c3)[nH]c(=O)c21. The first-order valence-electron chi connectivity index (χ1n) is 10.4. The van der Waals surface area contributed by atoms with Crippen LogP contribution < -0.4 is 26.2 Å². The molecule has 0 spiro atoms. The highest BCUT2D eigenvalue weighted by Gasteiger charge is 2.35. The molecule has 4 N–H and O–H groups in total. The van der Waals surface area contributed by atoms with Crippen molar-refractivity contribution in [3.05, 3.63) is 69.5 Å². The van der Waals surface area contributed by atoms with Crippen LogP contribution >= 0.6 is 0 Å². The van der Waals surface area contributed by atoms with E-state index >= 15 is 0 Å². The molecular formula is C23H20F3N5O4. The van der Waals surface area contributed by atoms with Crippen molar-refractivity contribution in [2.24, 2.45) is 0 Å². The molecule has 3 aromatic rings. The van der Waals surface area contributed by atoms with E-state index in [1.165, 1.54) is 19.2 Å². The van der Waals surface area contributed by atoms with E-state index in [1.807, 2.05) is 6.92 Å². The van der Waals surface area contributed by atoms with Gasteiger partial charge >= 0.3 is 6.18 Å². The van der Waals surface area contributed by atoms with Gasteiger partial charge in [0.05, 0.1) is 29.8 Å². The summed E-state index contributed by atoms with van der Waals surface area (Å²) in [5.74, 6) is -2.27. The number of methoxy groups -OCH3 is 1. The lowest BCUT2D eigenvalue weighted by Crippen LogP contribution is -2.36. The largest absolute Gasteiger partial charge is 0.495 e. The fraction of sp³-hybridized carbons (Fsp3) is 0.217. The van der Waals surface area contributed by atoms with Crippen molar-refractivity contribution in [3.8, 4) is 5.75 Å². The maximum absolute atomic E-state index is 13.1. The Morgan fingerprint density at radius 3 is 2.66 bits per heavy atom. The Balaban J connectivity index is 1.64. The second-order valence-corrected chi connectivity index (χ2v) is 7.88. The number of hydrogen-bond donors (Lipinski definition) is 4. The lowest BCUT2D eigenvalue weighted by atomic mass is 9.92. The average molecular weight is 487 g/mol. The number of nitrogens with zero attached hydrogens (tertiary/aromatic N) is 1. The molecule has 1 aliphatic rings. The molecule has 35 heavy (non-hydrogen) atoms. The number of halogens is 3. The molecule has 0 saturated carbocycles. The van der Waals surface area contributed by atoms with Crippen LogP contribution in [0.3, 0.4) is 0 Å². The van der Waals surface area contributed by atoms with Gasteiger partial charge in [-0.2, -0.15) is 18.2 Å². The topological polar surface area (TPSA) is 125 Å². The van der Waals surface area contributed by atoms with Crippen LogP contribution in [0, 0.1) is 6.92 Å². The Kier molecular flexibility index (Phi) is 6.20. The first-order chi connectivity index (χ1) is 16.5. The third-order valence-corrected chi connectivity index (χ3v) is 5.33. The van der Waals surface area contributed by atoms with Gasteiger partial charge in [0.1, 0.15) is 11.6 Å². The van der Waals surface area contributed by atoms with Gasteiger partial charge in [0.15, 0.2) is 0 Å². The number of hydrogen-bond acceptors (Lipinski definition) is 6. The van der Waals surface area contributed by atoms with Crippen molar-refractivity contribution >= 4 is 35.0 Å². The van der Waals surface area contributed by atoms with Crippen LogP contribution in [0.5, 0.6) is 5.75 Å². The molecule has 0 saturated heterocycles. The number of nitrogens with one attached hydrogen (secondary N) is 4. The molecule has 2 heterocycles. The van der Waals surface area contributed by atoms with Gasteiger partial charge < -0.3 is 20.7 Å². The number of fused-ring (bicyclic) bond motifs is 1. The van der Waals surface area contributed by atoms with E-state index in [2.05, 4.69) is 25.9 Å². The lowest BCUT2D eigenvalue weighted by molar-refractivity contribution is -0.137. The number of amides is 2. The Labute approximate surface area is 196 Å². The van der Waals surface area contributed by atoms with Gasteiger partial charge in [0.2, 0.25) is 17.8 Å². The number of ether oxygens (including phenoxy) is 1. The van der Waals surface area contributed by atoms with Crippen LogP contribution in [0.1, 0.15) is 29.0 Å². The van der Waals surface area contributed by atoms with Crippen molar-refractivity contribution in [3.63, 3.8) is 0 Å². The number of aromatic amines is 1. The summed E-state index contributed by atoms with van der Waals surface area (Å²) in [6.07, 6.45) is -4.85. The molecule has 9 nitrogen and oxygen atoms in total. The maximum Gasteiger partial charge on any atom is 0.416 e. The zero-order valence-electron chi connectivity index (χ0n) is 18.5. The lowest BCUT2D eigenvalue weighted by Gasteiger charge is -2.24. The molecule has 12 heteroatoms. The molecule has 1 aliphatic heterocycles. The van der Waals surface area contributed by atoms with E-state index in [0.717, 1.165) is 17.7 Å². The van der Waals surface area contributed by atoms with Gasteiger partial charge in [-0.05, 0) is 42.8 Å². The van der Waals surface area contributed by atoms with Crippen LogP contribution in [-0.4, -0.2) is 28.9 Å². The van der Waals surface area contributed by atoms with Gasteiger partial charge in [-0.3, -0.25) is 19.4 Å². The van der Waals surface area contributed by atoms with E-state index in [-0.39, 0.29) is 29.4 Å². The molecule has 1 aromatic heterocycles. The number of benzene rings is 2. The number of aromatic nitrogens is 2. The minimum Gasteiger partial charge on any atom is -0.495 e. The first kappa shape index (κ1) is 23.8. The minimum absolute atomic E-state index is 0.0193. The predicted octanol–water partition coefficient (Wildman–Crippen LogP) is 3.91. The van der Waals surface area contributed by atoms with E-state index in [1.54, 1.807) is 18.2 Å². The Hall–Kier alpha value is -4.35. The molecule has 182 valence electrons. The van der Waals surface area contributed by atoms with Crippen LogP contribution in [0.15, 0.2) is 47.3 Å². The van der Waals surface area contributed by atoms with E-state index in [4.69, 9.17) is 4.74 Å². The number of anilines is 4. The second-order valence-electron chi connectivity index (χ2n) is 7.88. The van der Waals surface area contributed by atoms with Gasteiger partial charge in [0.25, 0.3) is 5.56 Å². The first-order valence-corrected chi connectivity index (χ1v) is 10.4. The van der Waals surface area contributed by atoms with E-state index < -0.39 is 35.0 Å². The number of aryl methyl sites for hydroxylation is 1. The zero-order valence-corrected chi connectivity index (χ0v) is 18.5. The van der Waals surface area contributed by atoms with Gasteiger partial charge in [-0.15, -0.1) is 0 Å². The summed E-state index contributed by atoms with van der Waals surface area (Å²) in [5.41, 5.74) is -0.431. The minimum atomic E-state index is -4.55. The summed E-state index contributed by atoms with van der Waals surface area (Å²) in [5, 5.41) is 7.73. The van der Waals surface area contributed by atoms with Crippen molar-refractivity contribution in [2.45, 2.75) is 25.4 Å². The summed E-state index contributed by atoms with van der Waals surface area (Å²) >= 11 is 0. The monoisotopic (exact) mass is 487 g/mol. The standard InChI is InChI=1S/C23H20F3N5O4/c1-11-6-7-16(35-2)15(8-11)28-20(33)14-10-17(32)29-19-18(14)21(34)31-22(30-19)27-13-5-3-4-12(9-13)23(24,25)26/h3-9,14H,10H2,1-2H3,(H,28,33)(H3,27,29,30,31,32,34). The molecule has 1 unspecified atom stereocenters. The summed E-state index contributed by atoms with van der Waals surface area (Å²) in [7, 11) is 1.44. The second kappa shape index (κ2) is 9.12. The highest BCUT2D eigenvalue weighted by atomic mass is 19.4. The highest BCUT2D eigenvalue weighted by Crippen LogP contribution is 2.33. The van der Waals surface area contributed by atoms with Gasteiger partial charge in [-0.1, -0.05) is 12.1 Å². The molecule has 0 bridgehead atoms. The van der Waals surface area contributed by atoms with Crippen LogP contribution in [0.4, 0.5) is 36.3 Å². The zero-order chi connectivity index (χ0) is 25.3. The average Bonchev–Trinajstić information content (AvgIpc) is 2.78. The fourth-order valence-corrected chi connectivity index (χ4v) is 3.70.